The van der Waals surface area contributed by atoms with Crippen molar-refractivity contribution in [3.8, 4) is 0 Å². The number of nitrogens with one attached hydrogen (secondary N) is 1. The monoisotopic (exact) mass is 383 g/mol. The first kappa shape index (κ1) is 23.1. The summed E-state index contributed by atoms with van der Waals surface area (Å²) in [5.41, 5.74) is 0. The summed E-state index contributed by atoms with van der Waals surface area (Å²) in [7, 11) is 0. The SMILES string of the molecule is CC(=O)N[C@@H](OC1OC(CO)C(O)C(O)C1O)C(C)OC(CO)[C@H](C)O. The largest absolute Gasteiger partial charge is 0.394 e. The van der Waals surface area contributed by atoms with Crippen molar-refractivity contribution in [2.75, 3.05) is 13.2 Å². The van der Waals surface area contributed by atoms with Crippen molar-refractivity contribution in [1.82, 2.24) is 5.32 Å². The Balaban J connectivity index is 2.87. The number of rotatable bonds is 9. The molecule has 1 aliphatic heterocycles. The van der Waals surface area contributed by atoms with Crippen LogP contribution in [-0.2, 0) is 19.0 Å². The molecule has 1 heterocycles. The Labute approximate surface area is 151 Å². The lowest BCUT2D eigenvalue weighted by Crippen LogP contribution is -2.61. The van der Waals surface area contributed by atoms with Gasteiger partial charge in [0, 0.05) is 6.92 Å². The molecule has 0 aromatic rings. The third kappa shape index (κ3) is 6.08. The predicted octanol–water partition coefficient (Wildman–Crippen LogP) is -3.59. The highest BCUT2D eigenvalue weighted by Gasteiger charge is 2.45. The van der Waals surface area contributed by atoms with Crippen molar-refractivity contribution in [3.63, 3.8) is 0 Å². The number of hydrogen-bond donors (Lipinski definition) is 7. The summed E-state index contributed by atoms with van der Waals surface area (Å²) in [4.78, 5) is 11.4. The van der Waals surface area contributed by atoms with Gasteiger partial charge in [0.2, 0.25) is 5.91 Å². The van der Waals surface area contributed by atoms with Gasteiger partial charge in [-0.3, -0.25) is 4.79 Å². The third-order valence-electron chi connectivity index (χ3n) is 4.01. The molecule has 1 rings (SSSR count). The van der Waals surface area contributed by atoms with E-state index in [0.29, 0.717) is 0 Å². The van der Waals surface area contributed by atoms with Gasteiger partial charge in [0.1, 0.15) is 36.6 Å². The number of carbonyl (C=O) groups excluding carboxylic acids is 1. The van der Waals surface area contributed by atoms with Crippen LogP contribution in [0.2, 0.25) is 0 Å². The summed E-state index contributed by atoms with van der Waals surface area (Å²) in [5, 5.41) is 60.0. The van der Waals surface area contributed by atoms with E-state index in [4.69, 9.17) is 14.2 Å². The minimum absolute atomic E-state index is 0.477. The summed E-state index contributed by atoms with van der Waals surface area (Å²) in [5.74, 6) is -0.493. The summed E-state index contributed by atoms with van der Waals surface area (Å²) in [6, 6.07) is 0. The second kappa shape index (κ2) is 10.4. The lowest BCUT2D eigenvalue weighted by Gasteiger charge is -2.41. The molecule has 1 fully saturated rings. The Morgan fingerprint density at radius 1 is 1.15 bits per heavy atom. The Morgan fingerprint density at radius 2 is 1.77 bits per heavy atom. The van der Waals surface area contributed by atoms with Crippen molar-refractivity contribution in [3.05, 3.63) is 0 Å². The molecule has 1 aliphatic rings. The van der Waals surface area contributed by atoms with Crippen LogP contribution in [0.1, 0.15) is 20.8 Å². The fourth-order valence-corrected chi connectivity index (χ4v) is 2.44. The van der Waals surface area contributed by atoms with Crippen LogP contribution in [0, 0.1) is 0 Å². The van der Waals surface area contributed by atoms with E-state index in [0.717, 1.165) is 0 Å². The number of amides is 1. The smallest absolute Gasteiger partial charge is 0.218 e. The fraction of sp³-hybridized carbons (Fsp3) is 0.933. The predicted molar refractivity (Wildman–Crippen MR) is 85.6 cm³/mol. The van der Waals surface area contributed by atoms with Crippen molar-refractivity contribution in [2.45, 2.75) is 76.0 Å². The van der Waals surface area contributed by atoms with E-state index >= 15 is 0 Å². The van der Waals surface area contributed by atoms with Crippen LogP contribution in [0.25, 0.3) is 0 Å². The summed E-state index contributed by atoms with van der Waals surface area (Å²) >= 11 is 0. The van der Waals surface area contributed by atoms with Gasteiger partial charge in [0.05, 0.1) is 19.3 Å². The second-order valence-corrected chi connectivity index (χ2v) is 6.26. The highest BCUT2D eigenvalue weighted by atomic mass is 16.7. The van der Waals surface area contributed by atoms with Gasteiger partial charge in [-0.05, 0) is 13.8 Å². The molecule has 0 aromatic heterocycles. The van der Waals surface area contributed by atoms with Crippen LogP contribution in [-0.4, -0.2) is 105 Å². The molecule has 154 valence electrons. The summed E-state index contributed by atoms with van der Waals surface area (Å²) in [6.45, 7) is 3.02. The maximum atomic E-state index is 11.4. The van der Waals surface area contributed by atoms with Crippen LogP contribution in [0.3, 0.4) is 0 Å². The Morgan fingerprint density at radius 3 is 2.23 bits per heavy atom. The number of ether oxygens (including phenoxy) is 3. The topological polar surface area (TPSA) is 178 Å². The first-order valence-corrected chi connectivity index (χ1v) is 8.29. The molecule has 0 saturated carbocycles. The van der Waals surface area contributed by atoms with Gasteiger partial charge in [0.15, 0.2) is 12.5 Å². The molecule has 0 bridgehead atoms. The molecule has 9 atom stereocenters. The Kier molecular flexibility index (Phi) is 9.30. The molecule has 0 radical (unpaired) electrons. The Hall–Kier alpha value is -0.890. The number of aliphatic hydroxyl groups excluding tert-OH is 6. The van der Waals surface area contributed by atoms with E-state index in [1.54, 1.807) is 0 Å². The van der Waals surface area contributed by atoms with E-state index in [1.807, 2.05) is 0 Å². The number of carbonyl (C=O) groups is 1. The molecule has 0 spiro atoms. The lowest BCUT2D eigenvalue weighted by atomic mass is 9.99. The number of aliphatic hydroxyl groups is 6. The first-order chi connectivity index (χ1) is 12.1. The molecular formula is C15H29NO10. The molecule has 26 heavy (non-hydrogen) atoms. The van der Waals surface area contributed by atoms with E-state index in [9.17, 15) is 35.4 Å². The zero-order valence-electron chi connectivity index (χ0n) is 14.9. The molecule has 0 aliphatic carbocycles. The van der Waals surface area contributed by atoms with Gasteiger partial charge in [-0.15, -0.1) is 0 Å². The zero-order chi connectivity index (χ0) is 20.0. The van der Waals surface area contributed by atoms with Gasteiger partial charge in [0.25, 0.3) is 0 Å². The third-order valence-corrected chi connectivity index (χ3v) is 4.01. The quantitative estimate of drug-likeness (QED) is 0.197. The molecule has 1 amide bonds. The molecule has 1 saturated heterocycles. The van der Waals surface area contributed by atoms with E-state index in [1.165, 1.54) is 20.8 Å². The Bertz CT molecular complexity index is 435. The van der Waals surface area contributed by atoms with Gasteiger partial charge in [-0.2, -0.15) is 0 Å². The fourth-order valence-electron chi connectivity index (χ4n) is 2.44. The minimum atomic E-state index is -1.65. The maximum Gasteiger partial charge on any atom is 0.218 e. The van der Waals surface area contributed by atoms with E-state index in [2.05, 4.69) is 5.32 Å². The van der Waals surface area contributed by atoms with Gasteiger partial charge >= 0.3 is 0 Å². The van der Waals surface area contributed by atoms with E-state index in [-0.39, 0.29) is 0 Å². The van der Waals surface area contributed by atoms with Gasteiger partial charge in [-0.25, -0.2) is 0 Å². The summed E-state index contributed by atoms with van der Waals surface area (Å²) in [6.07, 6.45) is -11.5. The highest BCUT2D eigenvalue weighted by molar-refractivity contribution is 5.73. The molecule has 11 heteroatoms. The average Bonchev–Trinajstić information content (AvgIpc) is 2.58. The van der Waals surface area contributed by atoms with Crippen LogP contribution in [0.5, 0.6) is 0 Å². The lowest BCUT2D eigenvalue weighted by molar-refractivity contribution is -0.321. The average molecular weight is 383 g/mol. The van der Waals surface area contributed by atoms with Gasteiger partial charge in [-0.1, -0.05) is 0 Å². The van der Waals surface area contributed by atoms with Crippen molar-refractivity contribution < 1.29 is 49.6 Å². The van der Waals surface area contributed by atoms with Crippen LogP contribution >= 0.6 is 0 Å². The van der Waals surface area contributed by atoms with E-state index < -0.39 is 74.4 Å². The normalized spacial score (nSPS) is 34.0. The van der Waals surface area contributed by atoms with Crippen molar-refractivity contribution in [2.24, 2.45) is 0 Å². The molecule has 0 aromatic carbocycles. The van der Waals surface area contributed by atoms with Crippen molar-refractivity contribution in [1.29, 1.82) is 0 Å². The second-order valence-electron chi connectivity index (χ2n) is 6.26. The van der Waals surface area contributed by atoms with Crippen LogP contribution in [0.4, 0.5) is 0 Å². The van der Waals surface area contributed by atoms with Crippen LogP contribution in [0.15, 0.2) is 0 Å². The molecular weight excluding hydrogens is 354 g/mol. The van der Waals surface area contributed by atoms with Crippen molar-refractivity contribution >= 4 is 5.91 Å². The zero-order valence-corrected chi connectivity index (χ0v) is 14.9. The molecule has 7 N–H and O–H groups in total. The molecule has 11 nitrogen and oxygen atoms in total. The van der Waals surface area contributed by atoms with Crippen LogP contribution < -0.4 is 5.32 Å². The minimum Gasteiger partial charge on any atom is -0.394 e. The maximum absolute atomic E-state index is 11.4. The first-order valence-electron chi connectivity index (χ1n) is 8.29. The summed E-state index contributed by atoms with van der Waals surface area (Å²) < 4.78 is 16.2. The highest BCUT2D eigenvalue weighted by Crippen LogP contribution is 2.23. The standard InChI is InChI=1S/C15H29NO10/c1-6(19)9(4-17)24-7(2)14(16-8(3)20)26-15-13(23)12(22)11(21)10(5-18)25-15/h6-7,9-15,17-19,21-23H,4-5H2,1-3H3,(H,16,20)/t6-,7?,9?,10?,11?,12?,13?,14-,15?/m0/s1. The molecule has 7 unspecified atom stereocenters. The number of hydrogen-bond acceptors (Lipinski definition) is 10. The van der Waals surface area contributed by atoms with Gasteiger partial charge < -0.3 is 50.2 Å².